The van der Waals surface area contributed by atoms with E-state index < -0.39 is 16.1 Å². The first kappa shape index (κ1) is 20.3. The maximum Gasteiger partial charge on any atom is 0.241 e. The Morgan fingerprint density at radius 3 is 2.50 bits per heavy atom. The Kier molecular flexibility index (Phi) is 5.40. The van der Waals surface area contributed by atoms with Gasteiger partial charge < -0.3 is 4.90 Å². The van der Waals surface area contributed by atoms with Crippen LogP contribution in [0.4, 0.5) is 5.69 Å². The zero-order chi connectivity index (χ0) is 21.3. The van der Waals surface area contributed by atoms with Gasteiger partial charge in [-0.3, -0.25) is 9.78 Å². The lowest BCUT2D eigenvalue weighted by atomic mass is 10.0. The molecule has 0 radical (unpaired) electrons. The van der Waals surface area contributed by atoms with E-state index >= 15 is 0 Å². The van der Waals surface area contributed by atoms with E-state index in [1.54, 1.807) is 41.4 Å². The highest BCUT2D eigenvalue weighted by Gasteiger charge is 2.31. The van der Waals surface area contributed by atoms with Crippen molar-refractivity contribution >= 4 is 21.6 Å². The van der Waals surface area contributed by atoms with E-state index in [9.17, 15) is 13.2 Å². The summed E-state index contributed by atoms with van der Waals surface area (Å²) < 4.78 is 29.3. The van der Waals surface area contributed by atoms with Crippen molar-refractivity contribution in [1.29, 1.82) is 0 Å². The number of anilines is 1. The summed E-state index contributed by atoms with van der Waals surface area (Å²) in [5.74, 6) is -0.0470. The summed E-state index contributed by atoms with van der Waals surface area (Å²) >= 11 is 0. The fraction of sp³-hybridized carbons (Fsp3) is 0.217. The largest absolute Gasteiger partial charge is 0.309 e. The number of carbonyl (C=O) groups is 1. The van der Waals surface area contributed by atoms with Gasteiger partial charge in [-0.2, -0.15) is 4.72 Å². The van der Waals surface area contributed by atoms with Gasteiger partial charge in [0.05, 0.1) is 16.6 Å². The second-order valence-corrected chi connectivity index (χ2v) is 9.17. The first-order valence-electron chi connectivity index (χ1n) is 9.78. The molecule has 0 bridgehead atoms. The van der Waals surface area contributed by atoms with E-state index in [2.05, 4.69) is 9.71 Å². The van der Waals surface area contributed by atoms with E-state index in [0.717, 1.165) is 16.8 Å². The van der Waals surface area contributed by atoms with Crippen LogP contribution in [0.15, 0.2) is 77.8 Å². The molecule has 0 aliphatic carbocycles. The number of sulfonamides is 1. The molecule has 1 aliphatic rings. The van der Waals surface area contributed by atoms with Crippen molar-refractivity contribution in [3.8, 4) is 0 Å². The third-order valence-corrected chi connectivity index (χ3v) is 6.73. The molecule has 0 spiro atoms. The normalized spacial score (nSPS) is 16.9. The van der Waals surface area contributed by atoms with Crippen molar-refractivity contribution in [2.24, 2.45) is 0 Å². The molecule has 7 heteroatoms. The minimum Gasteiger partial charge on any atom is -0.309 e. The average Bonchev–Trinajstić information content (AvgIpc) is 3.08. The number of nitrogens with one attached hydrogen (secondary N) is 1. The number of benzene rings is 2. The SMILES string of the molecule is CC(=O)N1c2ccc(S(=O)(=O)NC(c3ccccc3)c3ccccn3)cc2CC1C. The average molecular weight is 422 g/mol. The Balaban J connectivity index is 1.70. The van der Waals surface area contributed by atoms with Crippen LogP contribution in [0, 0.1) is 0 Å². The molecule has 1 aliphatic heterocycles. The van der Waals surface area contributed by atoms with Crippen molar-refractivity contribution in [2.75, 3.05) is 4.90 Å². The molecule has 0 saturated heterocycles. The standard InChI is InChI=1S/C23H23N3O3S/c1-16-14-19-15-20(11-12-22(19)26(16)17(2)27)30(28,29)25-23(18-8-4-3-5-9-18)21-10-6-7-13-24-21/h3-13,15-16,23,25H,14H2,1-2H3. The number of carbonyl (C=O) groups excluding carboxylic acids is 1. The van der Waals surface area contributed by atoms with E-state index in [-0.39, 0.29) is 16.8 Å². The highest BCUT2D eigenvalue weighted by molar-refractivity contribution is 7.89. The summed E-state index contributed by atoms with van der Waals surface area (Å²) in [6.45, 7) is 3.48. The van der Waals surface area contributed by atoms with Crippen LogP contribution in [-0.2, 0) is 21.2 Å². The molecular formula is C23H23N3O3S. The number of fused-ring (bicyclic) bond motifs is 1. The Morgan fingerprint density at radius 1 is 1.10 bits per heavy atom. The van der Waals surface area contributed by atoms with Crippen LogP contribution in [0.5, 0.6) is 0 Å². The lowest BCUT2D eigenvalue weighted by Gasteiger charge is -2.21. The quantitative estimate of drug-likeness (QED) is 0.684. The van der Waals surface area contributed by atoms with Gasteiger partial charge >= 0.3 is 0 Å². The van der Waals surface area contributed by atoms with Gasteiger partial charge in [0.25, 0.3) is 0 Å². The second kappa shape index (κ2) is 8.01. The van der Waals surface area contributed by atoms with Gasteiger partial charge in [-0.1, -0.05) is 36.4 Å². The van der Waals surface area contributed by atoms with Crippen LogP contribution in [0.25, 0.3) is 0 Å². The van der Waals surface area contributed by atoms with Crippen molar-refractivity contribution < 1.29 is 13.2 Å². The molecule has 2 aromatic carbocycles. The highest BCUT2D eigenvalue weighted by Crippen LogP contribution is 2.34. The van der Waals surface area contributed by atoms with Gasteiger partial charge in [-0.05, 0) is 54.8 Å². The van der Waals surface area contributed by atoms with Crippen molar-refractivity contribution in [2.45, 2.75) is 37.2 Å². The molecule has 0 fully saturated rings. The number of pyridine rings is 1. The van der Waals surface area contributed by atoms with Crippen LogP contribution in [0.3, 0.4) is 0 Å². The van der Waals surface area contributed by atoms with Gasteiger partial charge in [0, 0.05) is 24.8 Å². The molecule has 30 heavy (non-hydrogen) atoms. The van der Waals surface area contributed by atoms with Gasteiger partial charge in [-0.15, -0.1) is 0 Å². The molecule has 154 valence electrons. The molecule has 2 heterocycles. The zero-order valence-electron chi connectivity index (χ0n) is 16.8. The van der Waals surface area contributed by atoms with Crippen molar-refractivity contribution in [1.82, 2.24) is 9.71 Å². The van der Waals surface area contributed by atoms with E-state index in [0.29, 0.717) is 12.1 Å². The van der Waals surface area contributed by atoms with E-state index in [1.165, 1.54) is 6.92 Å². The molecular weight excluding hydrogens is 398 g/mol. The number of amides is 1. The van der Waals surface area contributed by atoms with Crippen LogP contribution in [0.1, 0.15) is 36.7 Å². The monoisotopic (exact) mass is 421 g/mol. The maximum absolute atomic E-state index is 13.3. The Morgan fingerprint density at radius 2 is 1.83 bits per heavy atom. The minimum atomic E-state index is -3.83. The third kappa shape index (κ3) is 3.86. The number of rotatable bonds is 5. The molecule has 0 saturated carbocycles. The van der Waals surface area contributed by atoms with Gasteiger partial charge in [0.15, 0.2) is 0 Å². The fourth-order valence-corrected chi connectivity index (χ4v) is 5.22. The minimum absolute atomic E-state index is 0.00833. The van der Waals surface area contributed by atoms with Crippen molar-refractivity contribution in [3.05, 3.63) is 89.7 Å². The summed E-state index contributed by atoms with van der Waals surface area (Å²) in [6, 6.07) is 19.1. The first-order chi connectivity index (χ1) is 14.4. The maximum atomic E-state index is 13.3. The third-order valence-electron chi connectivity index (χ3n) is 5.31. The summed E-state index contributed by atoms with van der Waals surface area (Å²) in [5, 5.41) is 0. The van der Waals surface area contributed by atoms with Crippen molar-refractivity contribution in [3.63, 3.8) is 0 Å². The van der Waals surface area contributed by atoms with Gasteiger partial charge in [0.1, 0.15) is 0 Å². The molecule has 1 amide bonds. The fourth-order valence-electron chi connectivity index (χ4n) is 3.97. The van der Waals surface area contributed by atoms with Crippen LogP contribution < -0.4 is 9.62 Å². The van der Waals surface area contributed by atoms with Crippen LogP contribution in [0.2, 0.25) is 0 Å². The Bertz CT molecular complexity index is 1130. The van der Waals surface area contributed by atoms with Crippen LogP contribution in [-0.4, -0.2) is 25.4 Å². The zero-order valence-corrected chi connectivity index (χ0v) is 17.6. The Labute approximate surface area is 176 Å². The predicted octanol–water partition coefficient (Wildman–Crippen LogP) is 3.45. The second-order valence-electron chi connectivity index (χ2n) is 7.45. The molecule has 4 rings (SSSR count). The molecule has 2 unspecified atom stereocenters. The molecule has 2 atom stereocenters. The number of nitrogens with zero attached hydrogens (tertiary/aromatic N) is 2. The first-order valence-corrected chi connectivity index (χ1v) is 11.3. The van der Waals surface area contributed by atoms with Crippen LogP contribution >= 0.6 is 0 Å². The summed E-state index contributed by atoms with van der Waals surface area (Å²) in [4.78, 5) is 18.2. The molecule has 3 aromatic rings. The predicted molar refractivity (Wildman–Crippen MR) is 116 cm³/mol. The van der Waals surface area contributed by atoms with E-state index in [4.69, 9.17) is 0 Å². The molecule has 1 N–H and O–H groups in total. The van der Waals surface area contributed by atoms with E-state index in [1.807, 2.05) is 43.3 Å². The Hall–Kier alpha value is -3.03. The van der Waals surface area contributed by atoms with Gasteiger partial charge in [-0.25, -0.2) is 8.42 Å². The summed E-state index contributed by atoms with van der Waals surface area (Å²) in [5.41, 5.74) is 3.05. The topological polar surface area (TPSA) is 79.4 Å². The molecule has 6 nitrogen and oxygen atoms in total. The summed E-state index contributed by atoms with van der Waals surface area (Å²) in [7, 11) is -3.83. The lowest BCUT2D eigenvalue weighted by molar-refractivity contribution is -0.116. The molecule has 1 aromatic heterocycles. The number of hydrogen-bond acceptors (Lipinski definition) is 4. The summed E-state index contributed by atoms with van der Waals surface area (Å²) in [6.07, 6.45) is 2.27. The number of hydrogen-bond donors (Lipinski definition) is 1. The van der Waals surface area contributed by atoms with Gasteiger partial charge in [0.2, 0.25) is 15.9 Å². The smallest absolute Gasteiger partial charge is 0.241 e. The lowest BCUT2D eigenvalue weighted by Crippen LogP contribution is -2.33. The number of aromatic nitrogens is 1. The highest BCUT2D eigenvalue weighted by atomic mass is 32.2.